The van der Waals surface area contributed by atoms with E-state index < -0.39 is 0 Å². The maximum Gasteiger partial charge on any atom is 0.251 e. The third-order valence-electron chi connectivity index (χ3n) is 5.53. The smallest absolute Gasteiger partial charge is 0.251 e. The van der Waals surface area contributed by atoms with Gasteiger partial charge in [0.05, 0.1) is 10.6 Å². The summed E-state index contributed by atoms with van der Waals surface area (Å²) in [5.74, 6) is 0.00670. The maximum atomic E-state index is 12.2. The summed E-state index contributed by atoms with van der Waals surface area (Å²) in [6, 6.07) is 23.0. The lowest BCUT2D eigenvalue weighted by Gasteiger charge is -2.17. The Morgan fingerprint density at radius 2 is 1.65 bits per heavy atom. The van der Waals surface area contributed by atoms with Crippen LogP contribution in [0.25, 0.3) is 16.9 Å². The summed E-state index contributed by atoms with van der Waals surface area (Å²) in [6.45, 7) is 4.86. The predicted octanol–water partition coefficient (Wildman–Crippen LogP) is 5.59. The van der Waals surface area contributed by atoms with Crippen LogP contribution in [-0.4, -0.2) is 22.2 Å². The molecule has 1 aromatic heterocycles. The lowest BCUT2D eigenvalue weighted by Crippen LogP contribution is -2.31. The number of amides is 1. The first-order valence-corrected chi connectivity index (χ1v) is 11.2. The average Bonchev–Trinajstić information content (AvgIpc) is 3.19. The third-order valence-corrected chi connectivity index (χ3v) is 6.56. The van der Waals surface area contributed by atoms with Crippen molar-refractivity contribution in [3.05, 3.63) is 95.2 Å². The van der Waals surface area contributed by atoms with E-state index in [-0.39, 0.29) is 5.91 Å². The highest BCUT2D eigenvalue weighted by Gasteiger charge is 2.20. The quantitative estimate of drug-likeness (QED) is 0.463. The number of carbonyl (C=O) groups excluding carboxylic acids is 1. The number of benzene rings is 3. The van der Waals surface area contributed by atoms with Gasteiger partial charge in [0.15, 0.2) is 0 Å². The molecular weight excluding hydrogens is 402 g/mol. The van der Waals surface area contributed by atoms with Crippen LogP contribution in [0.4, 0.5) is 0 Å². The van der Waals surface area contributed by atoms with Crippen LogP contribution in [0.1, 0.15) is 27.0 Å². The Kier molecular flexibility index (Phi) is 5.12. The van der Waals surface area contributed by atoms with Gasteiger partial charge >= 0.3 is 0 Å². The van der Waals surface area contributed by atoms with Gasteiger partial charge in [-0.2, -0.15) is 5.10 Å². The Bertz CT molecular complexity index is 1260. The zero-order valence-electron chi connectivity index (χ0n) is 17.6. The Balaban J connectivity index is 1.59. The summed E-state index contributed by atoms with van der Waals surface area (Å²) >= 11 is 1.71. The molecule has 1 aliphatic heterocycles. The van der Waals surface area contributed by atoms with Gasteiger partial charge in [-0.1, -0.05) is 53.2 Å². The van der Waals surface area contributed by atoms with Crippen LogP contribution >= 0.6 is 11.8 Å². The van der Waals surface area contributed by atoms with Gasteiger partial charge in [-0.3, -0.25) is 4.79 Å². The first kappa shape index (κ1) is 19.6. The molecule has 4 aromatic rings. The fourth-order valence-corrected chi connectivity index (χ4v) is 4.71. The fraction of sp³-hybridized carbons (Fsp3) is 0.154. The molecule has 154 valence electrons. The highest BCUT2D eigenvalue weighted by atomic mass is 32.2. The summed E-state index contributed by atoms with van der Waals surface area (Å²) < 4.78 is 1.94. The summed E-state index contributed by atoms with van der Waals surface area (Å²) in [5, 5.41) is 7.87. The summed E-state index contributed by atoms with van der Waals surface area (Å²) in [4.78, 5) is 14.4. The van der Waals surface area contributed by atoms with E-state index in [9.17, 15) is 4.79 Å². The molecule has 1 N–H and O–H groups in total. The van der Waals surface area contributed by atoms with E-state index in [1.807, 2.05) is 16.8 Å². The summed E-state index contributed by atoms with van der Waals surface area (Å²) in [7, 11) is 0. The van der Waals surface area contributed by atoms with Gasteiger partial charge in [0.25, 0.3) is 5.91 Å². The summed E-state index contributed by atoms with van der Waals surface area (Å²) in [5.41, 5.74) is 7.30. The number of aryl methyl sites for hydroxylation is 2. The minimum Gasteiger partial charge on any atom is -0.352 e. The van der Waals surface area contributed by atoms with Crippen molar-refractivity contribution in [1.29, 1.82) is 0 Å². The molecule has 1 amide bonds. The fourth-order valence-electron chi connectivity index (χ4n) is 3.77. The van der Waals surface area contributed by atoms with Crippen molar-refractivity contribution in [1.82, 2.24) is 15.1 Å². The molecule has 4 nitrogen and oxygen atoms in total. The molecule has 2 heterocycles. The third kappa shape index (κ3) is 4.01. The Hall–Kier alpha value is -3.31. The van der Waals surface area contributed by atoms with E-state index in [1.54, 1.807) is 11.8 Å². The van der Waals surface area contributed by atoms with Crippen molar-refractivity contribution in [2.24, 2.45) is 0 Å². The van der Waals surface area contributed by atoms with Gasteiger partial charge in [0.2, 0.25) is 0 Å². The number of nitrogens with one attached hydrogen (secondary N) is 1. The first-order chi connectivity index (χ1) is 15.1. The van der Waals surface area contributed by atoms with Crippen LogP contribution in [0.15, 0.2) is 82.7 Å². The molecule has 0 fully saturated rings. The van der Waals surface area contributed by atoms with E-state index >= 15 is 0 Å². The lowest BCUT2D eigenvalue weighted by atomic mass is 9.97. The van der Waals surface area contributed by atoms with Crippen molar-refractivity contribution in [2.45, 2.75) is 30.1 Å². The zero-order chi connectivity index (χ0) is 21.4. The second-order valence-corrected chi connectivity index (χ2v) is 9.03. The number of hydrogen-bond donors (Lipinski definition) is 1. The second kappa shape index (κ2) is 8.08. The Morgan fingerprint density at radius 3 is 2.39 bits per heavy atom. The van der Waals surface area contributed by atoms with Crippen LogP contribution in [0.5, 0.6) is 0 Å². The molecule has 3 aromatic carbocycles. The molecule has 0 spiro atoms. The Labute approximate surface area is 186 Å². The topological polar surface area (TPSA) is 46.9 Å². The van der Waals surface area contributed by atoms with Crippen LogP contribution < -0.4 is 5.32 Å². The lowest BCUT2D eigenvalue weighted by molar-refractivity contribution is 0.0946. The van der Waals surface area contributed by atoms with Gasteiger partial charge in [0.1, 0.15) is 5.69 Å². The van der Waals surface area contributed by atoms with Crippen molar-refractivity contribution in [3.63, 3.8) is 0 Å². The molecule has 0 radical (unpaired) electrons. The monoisotopic (exact) mass is 425 g/mol. The van der Waals surface area contributed by atoms with Crippen LogP contribution in [-0.2, 0) is 6.42 Å². The molecule has 0 aliphatic carbocycles. The number of rotatable bonds is 4. The SMILES string of the molecule is Cc1ccc(Sc2cn(-c3ccc(C)cc3)nc2-c2ccc3c(c2)CCNC3=O)cc1. The number of hydrogen-bond acceptors (Lipinski definition) is 3. The molecule has 31 heavy (non-hydrogen) atoms. The molecule has 5 rings (SSSR count). The normalized spacial score (nSPS) is 13.0. The summed E-state index contributed by atoms with van der Waals surface area (Å²) in [6.07, 6.45) is 2.94. The molecule has 0 unspecified atom stereocenters. The Morgan fingerprint density at radius 1 is 0.935 bits per heavy atom. The maximum absolute atomic E-state index is 12.2. The molecule has 5 heteroatoms. The second-order valence-electron chi connectivity index (χ2n) is 7.92. The molecular formula is C26H23N3OS. The van der Waals surface area contributed by atoms with Gasteiger partial charge in [0, 0.05) is 28.8 Å². The van der Waals surface area contributed by atoms with Crippen molar-refractivity contribution >= 4 is 17.7 Å². The minimum atomic E-state index is 0.00670. The molecule has 0 saturated heterocycles. The predicted molar refractivity (Wildman–Crippen MR) is 125 cm³/mol. The van der Waals surface area contributed by atoms with E-state index in [0.717, 1.165) is 39.4 Å². The number of carbonyl (C=O) groups is 1. The van der Waals surface area contributed by atoms with Gasteiger partial charge in [-0.15, -0.1) is 0 Å². The van der Waals surface area contributed by atoms with Crippen molar-refractivity contribution in [3.8, 4) is 16.9 Å². The largest absolute Gasteiger partial charge is 0.352 e. The van der Waals surface area contributed by atoms with Gasteiger partial charge < -0.3 is 5.32 Å². The molecule has 1 aliphatic rings. The number of nitrogens with zero attached hydrogens (tertiary/aromatic N) is 2. The number of fused-ring (bicyclic) bond motifs is 1. The minimum absolute atomic E-state index is 0.00670. The van der Waals surface area contributed by atoms with Crippen molar-refractivity contribution in [2.75, 3.05) is 6.54 Å². The molecule has 0 saturated carbocycles. The van der Waals surface area contributed by atoms with Crippen LogP contribution in [0, 0.1) is 13.8 Å². The van der Waals surface area contributed by atoms with Gasteiger partial charge in [-0.25, -0.2) is 4.68 Å². The van der Waals surface area contributed by atoms with E-state index in [4.69, 9.17) is 5.10 Å². The standard InChI is InChI=1S/C26H23N3OS/c1-17-3-8-21(9-4-17)29-16-24(31-22-10-5-18(2)6-11-22)25(28-29)20-7-12-23-19(15-20)13-14-27-26(23)30/h3-12,15-16H,13-14H2,1-2H3,(H,27,30). The van der Waals surface area contributed by atoms with Crippen LogP contribution in [0.2, 0.25) is 0 Å². The van der Waals surface area contributed by atoms with Gasteiger partial charge in [-0.05, 0) is 62.2 Å². The van der Waals surface area contributed by atoms with E-state index in [0.29, 0.717) is 6.54 Å². The van der Waals surface area contributed by atoms with Crippen LogP contribution in [0.3, 0.4) is 0 Å². The molecule has 0 atom stereocenters. The highest BCUT2D eigenvalue weighted by Crippen LogP contribution is 2.37. The highest BCUT2D eigenvalue weighted by molar-refractivity contribution is 7.99. The average molecular weight is 426 g/mol. The van der Waals surface area contributed by atoms with Crippen molar-refractivity contribution < 1.29 is 4.79 Å². The first-order valence-electron chi connectivity index (χ1n) is 10.4. The van der Waals surface area contributed by atoms with E-state index in [1.165, 1.54) is 16.0 Å². The zero-order valence-corrected chi connectivity index (χ0v) is 18.4. The molecule has 0 bridgehead atoms. The number of aromatic nitrogens is 2. The van der Waals surface area contributed by atoms with E-state index in [2.05, 4.69) is 80.0 Å².